The summed E-state index contributed by atoms with van der Waals surface area (Å²) in [6.45, 7) is 4.18. The van der Waals surface area contributed by atoms with Gasteiger partial charge in [0.2, 0.25) is 5.91 Å². The highest BCUT2D eigenvalue weighted by molar-refractivity contribution is 9.10. The van der Waals surface area contributed by atoms with Crippen LogP contribution in [0.15, 0.2) is 0 Å². The van der Waals surface area contributed by atoms with E-state index in [2.05, 4.69) is 28.2 Å². The maximum Gasteiger partial charge on any atom is 0.233 e. The summed E-state index contributed by atoms with van der Waals surface area (Å²) in [4.78, 5) is 11.7. The lowest BCUT2D eigenvalue weighted by Crippen LogP contribution is -2.41. The SMILES string of the molecule is CCC(Br)C(=O)N[C@H](C)C1CCCCCC1. The molecule has 1 saturated carbocycles. The van der Waals surface area contributed by atoms with Crippen molar-refractivity contribution in [3.05, 3.63) is 0 Å². The lowest BCUT2D eigenvalue weighted by Gasteiger charge is -2.24. The highest BCUT2D eigenvalue weighted by Gasteiger charge is 2.22. The Balaban J connectivity index is 2.37. The molecule has 1 aliphatic rings. The molecule has 0 radical (unpaired) electrons. The third-order valence-electron chi connectivity index (χ3n) is 3.62. The zero-order valence-corrected chi connectivity index (χ0v) is 12.1. The average Bonchev–Trinajstić information content (AvgIpc) is 2.56. The molecule has 94 valence electrons. The fourth-order valence-electron chi connectivity index (χ4n) is 2.43. The summed E-state index contributed by atoms with van der Waals surface area (Å²) in [6, 6.07) is 0.331. The Morgan fingerprint density at radius 3 is 2.38 bits per heavy atom. The molecule has 16 heavy (non-hydrogen) atoms. The summed E-state index contributed by atoms with van der Waals surface area (Å²) in [5.41, 5.74) is 0. The Kier molecular flexibility index (Phi) is 6.40. The second-order valence-corrected chi connectivity index (χ2v) is 6.03. The highest BCUT2D eigenvalue weighted by atomic mass is 79.9. The van der Waals surface area contributed by atoms with E-state index in [1.54, 1.807) is 0 Å². The molecule has 2 nitrogen and oxygen atoms in total. The third kappa shape index (κ3) is 4.44. The van der Waals surface area contributed by atoms with Gasteiger partial charge in [0.05, 0.1) is 4.83 Å². The summed E-state index contributed by atoms with van der Waals surface area (Å²) in [5, 5.41) is 3.14. The third-order valence-corrected chi connectivity index (χ3v) is 4.68. The molecular weight excluding hydrogens is 266 g/mol. The van der Waals surface area contributed by atoms with Gasteiger partial charge in [0.1, 0.15) is 0 Å². The van der Waals surface area contributed by atoms with Gasteiger partial charge in [-0.05, 0) is 32.1 Å². The second kappa shape index (κ2) is 7.31. The molecule has 0 spiro atoms. The van der Waals surface area contributed by atoms with Gasteiger partial charge < -0.3 is 5.32 Å². The lowest BCUT2D eigenvalue weighted by atomic mass is 9.93. The summed E-state index contributed by atoms with van der Waals surface area (Å²) >= 11 is 3.40. The van der Waals surface area contributed by atoms with Crippen LogP contribution in [-0.2, 0) is 4.79 Å². The highest BCUT2D eigenvalue weighted by Crippen LogP contribution is 2.25. The molecule has 0 aliphatic heterocycles. The second-order valence-electron chi connectivity index (χ2n) is 4.92. The molecule has 2 atom stereocenters. The Hall–Kier alpha value is -0.0500. The zero-order valence-electron chi connectivity index (χ0n) is 10.5. The predicted molar refractivity (Wildman–Crippen MR) is 71.8 cm³/mol. The molecule has 0 heterocycles. The van der Waals surface area contributed by atoms with E-state index >= 15 is 0 Å². The van der Waals surface area contributed by atoms with Crippen LogP contribution in [0.4, 0.5) is 0 Å². The van der Waals surface area contributed by atoms with E-state index in [0.29, 0.717) is 12.0 Å². The fourth-order valence-corrected chi connectivity index (χ4v) is 2.56. The van der Waals surface area contributed by atoms with Crippen molar-refractivity contribution in [2.75, 3.05) is 0 Å². The Morgan fingerprint density at radius 1 is 1.31 bits per heavy atom. The molecular formula is C13H24BrNO. The minimum absolute atomic E-state index is 0.0271. The van der Waals surface area contributed by atoms with Crippen LogP contribution in [0, 0.1) is 5.92 Å². The summed E-state index contributed by atoms with van der Waals surface area (Å²) in [5.74, 6) is 0.835. The summed E-state index contributed by atoms with van der Waals surface area (Å²) in [7, 11) is 0. The molecule has 0 aromatic rings. The monoisotopic (exact) mass is 289 g/mol. The number of hydrogen-bond acceptors (Lipinski definition) is 1. The zero-order chi connectivity index (χ0) is 12.0. The van der Waals surface area contributed by atoms with Crippen molar-refractivity contribution in [3.63, 3.8) is 0 Å². The number of carbonyl (C=O) groups is 1. The van der Waals surface area contributed by atoms with Gasteiger partial charge in [-0.3, -0.25) is 4.79 Å². The van der Waals surface area contributed by atoms with E-state index in [1.807, 2.05) is 6.92 Å². The van der Waals surface area contributed by atoms with Crippen LogP contribution < -0.4 is 5.32 Å². The standard InChI is InChI=1S/C13H24BrNO/c1-3-12(14)13(16)15-10(2)11-8-6-4-5-7-9-11/h10-12H,3-9H2,1-2H3,(H,15,16)/t10-,12?/m1/s1. The van der Waals surface area contributed by atoms with Crippen molar-refractivity contribution in [1.82, 2.24) is 5.32 Å². The first-order valence-electron chi connectivity index (χ1n) is 6.59. The maximum atomic E-state index is 11.8. The minimum atomic E-state index is -0.0271. The number of alkyl halides is 1. The van der Waals surface area contributed by atoms with Gasteiger partial charge in [-0.1, -0.05) is 48.5 Å². The molecule has 1 amide bonds. The largest absolute Gasteiger partial charge is 0.352 e. The van der Waals surface area contributed by atoms with Gasteiger partial charge in [-0.2, -0.15) is 0 Å². The van der Waals surface area contributed by atoms with Crippen LogP contribution in [0.3, 0.4) is 0 Å². The topological polar surface area (TPSA) is 29.1 Å². The van der Waals surface area contributed by atoms with Gasteiger partial charge in [-0.25, -0.2) is 0 Å². The summed E-state index contributed by atoms with van der Waals surface area (Å²) in [6.07, 6.45) is 8.80. The van der Waals surface area contributed by atoms with E-state index in [1.165, 1.54) is 38.5 Å². The number of carbonyl (C=O) groups excluding carboxylic acids is 1. The lowest BCUT2D eigenvalue weighted by molar-refractivity contribution is -0.121. The van der Waals surface area contributed by atoms with E-state index in [9.17, 15) is 4.79 Å². The van der Waals surface area contributed by atoms with E-state index in [4.69, 9.17) is 0 Å². The number of hydrogen-bond donors (Lipinski definition) is 1. The first-order chi connectivity index (χ1) is 7.65. The molecule has 3 heteroatoms. The van der Waals surface area contributed by atoms with E-state index < -0.39 is 0 Å². The molecule has 1 rings (SSSR count). The minimum Gasteiger partial charge on any atom is -0.352 e. The number of amides is 1. The van der Waals surface area contributed by atoms with Gasteiger partial charge in [0.15, 0.2) is 0 Å². The molecule has 0 aromatic carbocycles. The van der Waals surface area contributed by atoms with Crippen molar-refractivity contribution < 1.29 is 4.79 Å². The van der Waals surface area contributed by atoms with E-state index in [-0.39, 0.29) is 10.7 Å². The normalized spacial score (nSPS) is 22.2. The van der Waals surface area contributed by atoms with Gasteiger partial charge in [0.25, 0.3) is 0 Å². The van der Waals surface area contributed by atoms with Crippen molar-refractivity contribution in [2.45, 2.75) is 69.7 Å². The number of halogens is 1. The van der Waals surface area contributed by atoms with Gasteiger partial charge in [-0.15, -0.1) is 0 Å². The average molecular weight is 290 g/mol. The van der Waals surface area contributed by atoms with Crippen LogP contribution in [-0.4, -0.2) is 16.8 Å². The van der Waals surface area contributed by atoms with Gasteiger partial charge >= 0.3 is 0 Å². The van der Waals surface area contributed by atoms with Crippen molar-refractivity contribution in [2.24, 2.45) is 5.92 Å². The summed E-state index contributed by atoms with van der Waals surface area (Å²) < 4.78 is 0. The predicted octanol–water partition coefficient (Wildman–Crippen LogP) is 3.64. The van der Waals surface area contributed by atoms with Crippen molar-refractivity contribution in [3.8, 4) is 0 Å². The van der Waals surface area contributed by atoms with Crippen LogP contribution in [0.5, 0.6) is 0 Å². The first kappa shape index (κ1) is 14.0. The quantitative estimate of drug-likeness (QED) is 0.621. The Bertz CT molecular complexity index is 212. The molecule has 0 saturated heterocycles. The molecule has 1 fully saturated rings. The van der Waals surface area contributed by atoms with E-state index in [0.717, 1.165) is 6.42 Å². The maximum absolute atomic E-state index is 11.8. The molecule has 1 aliphatic carbocycles. The van der Waals surface area contributed by atoms with Crippen LogP contribution >= 0.6 is 15.9 Å². The molecule has 1 unspecified atom stereocenters. The van der Waals surface area contributed by atoms with Crippen LogP contribution in [0.2, 0.25) is 0 Å². The number of rotatable bonds is 4. The van der Waals surface area contributed by atoms with Crippen LogP contribution in [0.1, 0.15) is 58.8 Å². The first-order valence-corrected chi connectivity index (χ1v) is 7.51. The smallest absolute Gasteiger partial charge is 0.233 e. The number of nitrogens with one attached hydrogen (secondary N) is 1. The molecule has 1 N–H and O–H groups in total. The van der Waals surface area contributed by atoms with Crippen LogP contribution in [0.25, 0.3) is 0 Å². The fraction of sp³-hybridized carbons (Fsp3) is 0.923. The molecule has 0 bridgehead atoms. The van der Waals surface area contributed by atoms with Crippen molar-refractivity contribution >= 4 is 21.8 Å². The Morgan fingerprint density at radius 2 is 1.88 bits per heavy atom. The van der Waals surface area contributed by atoms with Crippen molar-refractivity contribution in [1.29, 1.82) is 0 Å². The van der Waals surface area contributed by atoms with Gasteiger partial charge in [0, 0.05) is 6.04 Å². The Labute approximate surface area is 108 Å². The molecule has 0 aromatic heterocycles.